The van der Waals surface area contributed by atoms with Crippen molar-refractivity contribution in [2.45, 2.75) is 0 Å². The third-order valence-corrected chi connectivity index (χ3v) is 3.95. The molecule has 21 heavy (non-hydrogen) atoms. The highest BCUT2D eigenvalue weighted by molar-refractivity contribution is 6.41. The lowest BCUT2D eigenvalue weighted by Gasteiger charge is -2.19. The molecule has 1 N–H and O–H groups in total. The number of aliphatic hydroxyl groups is 1. The summed E-state index contributed by atoms with van der Waals surface area (Å²) in [4.78, 5) is 13.8. The average molecular weight is 349 g/mol. The number of aliphatic hydroxyl groups excluding tert-OH is 1. The van der Waals surface area contributed by atoms with Gasteiger partial charge in [-0.15, -0.1) is 0 Å². The van der Waals surface area contributed by atoms with Gasteiger partial charge in [0.15, 0.2) is 0 Å². The third-order valence-electron chi connectivity index (χ3n) is 2.90. The number of anilines is 1. The number of nitrogens with zero attached hydrogens (tertiary/aromatic N) is 3. The van der Waals surface area contributed by atoms with E-state index < -0.39 is 5.56 Å². The maximum atomic E-state index is 12.0. The Morgan fingerprint density at radius 1 is 1.29 bits per heavy atom. The van der Waals surface area contributed by atoms with Gasteiger partial charge >= 0.3 is 0 Å². The van der Waals surface area contributed by atoms with Gasteiger partial charge in [0.05, 0.1) is 34.2 Å². The molecule has 0 aliphatic heterocycles. The first kappa shape index (κ1) is 16.1. The van der Waals surface area contributed by atoms with Crippen LogP contribution < -0.4 is 10.5 Å². The van der Waals surface area contributed by atoms with Crippen LogP contribution in [0.2, 0.25) is 15.1 Å². The van der Waals surface area contributed by atoms with Gasteiger partial charge < -0.3 is 10.0 Å². The van der Waals surface area contributed by atoms with Crippen LogP contribution in [0.3, 0.4) is 0 Å². The molecule has 5 nitrogen and oxygen atoms in total. The minimum Gasteiger partial charge on any atom is -0.395 e. The fourth-order valence-electron chi connectivity index (χ4n) is 1.80. The predicted molar refractivity (Wildman–Crippen MR) is 85.2 cm³/mol. The maximum Gasteiger partial charge on any atom is 0.291 e. The molecule has 112 valence electrons. The van der Waals surface area contributed by atoms with Crippen molar-refractivity contribution in [3.63, 3.8) is 0 Å². The van der Waals surface area contributed by atoms with Gasteiger partial charge in [-0.3, -0.25) is 4.79 Å². The molecule has 2 rings (SSSR count). The first-order valence-electron chi connectivity index (χ1n) is 6.01. The van der Waals surface area contributed by atoms with Crippen LogP contribution >= 0.6 is 34.8 Å². The number of hydrogen-bond donors (Lipinski definition) is 1. The van der Waals surface area contributed by atoms with Crippen LogP contribution in [0, 0.1) is 0 Å². The second-order valence-electron chi connectivity index (χ2n) is 4.30. The summed E-state index contributed by atoms with van der Waals surface area (Å²) in [5.74, 6) is 0. The van der Waals surface area contributed by atoms with E-state index in [9.17, 15) is 4.79 Å². The van der Waals surface area contributed by atoms with E-state index in [1.165, 1.54) is 6.20 Å². The molecule has 1 heterocycles. The fourth-order valence-corrected chi connectivity index (χ4v) is 2.38. The Kier molecular flexibility index (Phi) is 5.11. The summed E-state index contributed by atoms with van der Waals surface area (Å²) in [6.07, 6.45) is 1.30. The van der Waals surface area contributed by atoms with E-state index in [4.69, 9.17) is 39.9 Å². The Balaban J connectivity index is 2.46. The van der Waals surface area contributed by atoms with E-state index in [2.05, 4.69) is 5.10 Å². The lowest BCUT2D eigenvalue weighted by Crippen LogP contribution is -2.23. The van der Waals surface area contributed by atoms with Crippen LogP contribution in [0.25, 0.3) is 5.69 Å². The molecule has 0 aliphatic carbocycles. The highest BCUT2D eigenvalue weighted by atomic mass is 35.5. The molecule has 0 saturated heterocycles. The number of halogens is 3. The predicted octanol–water partition coefficient (Wildman–Crippen LogP) is 2.62. The van der Waals surface area contributed by atoms with Gasteiger partial charge in [-0.05, 0) is 18.2 Å². The summed E-state index contributed by atoms with van der Waals surface area (Å²) in [5.41, 5.74) is 0.698. The van der Waals surface area contributed by atoms with Crippen molar-refractivity contribution in [1.82, 2.24) is 9.78 Å². The summed E-state index contributed by atoms with van der Waals surface area (Å²) < 4.78 is 1.12. The maximum absolute atomic E-state index is 12.0. The van der Waals surface area contributed by atoms with Crippen molar-refractivity contribution in [1.29, 1.82) is 0 Å². The molecule has 0 spiro atoms. The molecule has 0 fully saturated rings. The highest BCUT2D eigenvalue weighted by Gasteiger charge is 2.12. The Morgan fingerprint density at radius 3 is 2.62 bits per heavy atom. The zero-order chi connectivity index (χ0) is 15.6. The molecule has 0 unspecified atom stereocenters. The van der Waals surface area contributed by atoms with Gasteiger partial charge in [-0.2, -0.15) is 9.78 Å². The zero-order valence-electron chi connectivity index (χ0n) is 11.1. The quantitative estimate of drug-likeness (QED) is 0.923. The molecule has 0 aliphatic rings. The van der Waals surface area contributed by atoms with E-state index in [0.29, 0.717) is 17.3 Å². The van der Waals surface area contributed by atoms with Gasteiger partial charge in [-0.1, -0.05) is 34.8 Å². The topological polar surface area (TPSA) is 58.4 Å². The number of benzene rings is 1. The first-order valence-corrected chi connectivity index (χ1v) is 7.14. The molecule has 0 atom stereocenters. The molecule has 1 aromatic carbocycles. The van der Waals surface area contributed by atoms with Crippen LogP contribution in [0.15, 0.2) is 29.2 Å². The molecule has 0 saturated carbocycles. The SMILES string of the molecule is CN(CCO)c1ccc(-n2ncc(Cl)c(Cl)c2=O)cc1Cl. The van der Waals surface area contributed by atoms with Crippen molar-refractivity contribution < 1.29 is 5.11 Å². The van der Waals surface area contributed by atoms with Gasteiger partial charge in [-0.25, -0.2) is 0 Å². The van der Waals surface area contributed by atoms with E-state index in [1.54, 1.807) is 30.1 Å². The normalized spacial score (nSPS) is 10.7. The van der Waals surface area contributed by atoms with Crippen molar-refractivity contribution in [3.05, 3.63) is 49.8 Å². The van der Waals surface area contributed by atoms with Crippen LogP contribution in [0.5, 0.6) is 0 Å². The first-order chi connectivity index (χ1) is 9.95. The van der Waals surface area contributed by atoms with E-state index in [1.807, 2.05) is 0 Å². The van der Waals surface area contributed by atoms with E-state index in [0.717, 1.165) is 10.4 Å². The van der Waals surface area contributed by atoms with E-state index in [-0.39, 0.29) is 16.7 Å². The molecule has 0 radical (unpaired) electrons. The van der Waals surface area contributed by atoms with Crippen LogP contribution in [0.4, 0.5) is 5.69 Å². The molecular formula is C13H12Cl3N3O2. The number of likely N-dealkylation sites (N-methyl/N-ethyl adjacent to an activating group) is 1. The van der Waals surface area contributed by atoms with Gasteiger partial charge in [0.2, 0.25) is 0 Å². The van der Waals surface area contributed by atoms with Crippen molar-refractivity contribution in [2.24, 2.45) is 0 Å². The smallest absolute Gasteiger partial charge is 0.291 e. The average Bonchev–Trinajstić information content (AvgIpc) is 2.45. The largest absolute Gasteiger partial charge is 0.395 e. The molecule has 8 heteroatoms. The van der Waals surface area contributed by atoms with E-state index >= 15 is 0 Å². The summed E-state index contributed by atoms with van der Waals surface area (Å²) >= 11 is 17.8. The fraction of sp³-hybridized carbons (Fsp3) is 0.231. The number of rotatable bonds is 4. The lowest BCUT2D eigenvalue weighted by atomic mass is 10.2. The van der Waals surface area contributed by atoms with Crippen LogP contribution in [-0.4, -0.2) is 35.1 Å². The van der Waals surface area contributed by atoms with Gasteiger partial charge in [0.25, 0.3) is 5.56 Å². The summed E-state index contributed by atoms with van der Waals surface area (Å²) in [6.45, 7) is 0.465. The second-order valence-corrected chi connectivity index (χ2v) is 5.50. The minimum absolute atomic E-state index is 0.0163. The molecule has 1 aromatic heterocycles. The van der Waals surface area contributed by atoms with Crippen molar-refractivity contribution in [2.75, 3.05) is 25.1 Å². The Bertz CT molecular complexity index is 718. The standard InChI is InChI=1S/C13H12Cl3N3O2/c1-18(4-5-20)11-3-2-8(6-9(11)14)19-13(21)12(16)10(15)7-17-19/h2-3,6-7,20H,4-5H2,1H3. The molecule has 0 bridgehead atoms. The summed E-state index contributed by atoms with van der Waals surface area (Å²) in [6, 6.07) is 5.03. The summed E-state index contributed by atoms with van der Waals surface area (Å²) in [7, 11) is 1.81. The number of aromatic nitrogens is 2. The van der Waals surface area contributed by atoms with Crippen LogP contribution in [-0.2, 0) is 0 Å². The molecule has 0 amide bonds. The van der Waals surface area contributed by atoms with Gasteiger partial charge in [0, 0.05) is 13.6 Å². The monoisotopic (exact) mass is 347 g/mol. The third kappa shape index (κ3) is 3.32. The van der Waals surface area contributed by atoms with Crippen molar-refractivity contribution in [3.8, 4) is 5.69 Å². The Morgan fingerprint density at radius 2 is 2.00 bits per heavy atom. The lowest BCUT2D eigenvalue weighted by molar-refractivity contribution is 0.304. The van der Waals surface area contributed by atoms with Crippen molar-refractivity contribution >= 4 is 40.5 Å². The Hall–Kier alpha value is -1.27. The minimum atomic E-state index is -0.517. The van der Waals surface area contributed by atoms with Crippen LogP contribution in [0.1, 0.15) is 0 Å². The number of hydrogen-bond acceptors (Lipinski definition) is 4. The zero-order valence-corrected chi connectivity index (χ0v) is 13.3. The Labute approximate surface area is 136 Å². The molecular weight excluding hydrogens is 337 g/mol. The molecule has 2 aromatic rings. The second kappa shape index (κ2) is 6.66. The summed E-state index contributed by atoms with van der Waals surface area (Å²) in [5, 5.41) is 13.3. The van der Waals surface area contributed by atoms with Gasteiger partial charge in [0.1, 0.15) is 5.02 Å². The highest BCUT2D eigenvalue weighted by Crippen LogP contribution is 2.27.